The molecule has 9 heteroatoms. The summed E-state index contributed by atoms with van der Waals surface area (Å²) < 4.78 is 11.7. The van der Waals surface area contributed by atoms with Crippen molar-refractivity contribution in [2.75, 3.05) is 7.11 Å². The number of nitrogens with zero attached hydrogens (tertiary/aromatic N) is 1. The Hall–Kier alpha value is -3.29. The van der Waals surface area contributed by atoms with Gasteiger partial charge in [0.2, 0.25) is 0 Å². The van der Waals surface area contributed by atoms with Crippen molar-refractivity contribution in [3.8, 4) is 11.5 Å². The molecule has 1 aliphatic heterocycles. The topological polar surface area (TPSA) is 84.9 Å². The van der Waals surface area contributed by atoms with Gasteiger partial charge in [0.1, 0.15) is 12.2 Å². The van der Waals surface area contributed by atoms with Crippen molar-refractivity contribution in [3.63, 3.8) is 0 Å². The van der Waals surface area contributed by atoms with Gasteiger partial charge in [-0.25, -0.2) is 4.79 Å². The molecule has 37 heavy (non-hydrogen) atoms. The SMILES string of the molecule is C=CCc1cc(C=C2C(=O)NC(=O)N(C3CCCCC3)C2=O)cc(OC)c1OCc1ccc(Cl)c(Cl)c1. The van der Waals surface area contributed by atoms with E-state index in [9.17, 15) is 14.4 Å². The van der Waals surface area contributed by atoms with Crippen LogP contribution in [0.15, 0.2) is 48.6 Å². The van der Waals surface area contributed by atoms with E-state index in [0.29, 0.717) is 33.5 Å². The molecule has 4 rings (SSSR count). The van der Waals surface area contributed by atoms with Crippen LogP contribution >= 0.6 is 23.2 Å². The maximum Gasteiger partial charge on any atom is 0.331 e. The van der Waals surface area contributed by atoms with E-state index in [1.807, 2.05) is 12.1 Å². The van der Waals surface area contributed by atoms with Gasteiger partial charge in [-0.15, -0.1) is 6.58 Å². The minimum Gasteiger partial charge on any atom is -0.493 e. The molecule has 2 aliphatic rings. The van der Waals surface area contributed by atoms with Gasteiger partial charge in [-0.3, -0.25) is 19.8 Å². The number of hydrogen-bond donors (Lipinski definition) is 1. The lowest BCUT2D eigenvalue weighted by atomic mass is 9.93. The number of amides is 4. The predicted molar refractivity (Wildman–Crippen MR) is 143 cm³/mol. The average Bonchev–Trinajstić information content (AvgIpc) is 2.88. The molecular weight excluding hydrogens is 515 g/mol. The van der Waals surface area contributed by atoms with Crippen LogP contribution in [0, 0.1) is 0 Å². The third-order valence-corrected chi connectivity index (χ3v) is 7.23. The van der Waals surface area contributed by atoms with Crippen LogP contribution in [-0.2, 0) is 22.6 Å². The van der Waals surface area contributed by atoms with Gasteiger partial charge in [-0.2, -0.15) is 0 Å². The molecule has 0 radical (unpaired) electrons. The summed E-state index contributed by atoms with van der Waals surface area (Å²) in [6, 6.07) is 7.88. The normalized spacial score (nSPS) is 17.6. The van der Waals surface area contributed by atoms with E-state index in [1.54, 1.807) is 24.3 Å². The van der Waals surface area contributed by atoms with E-state index < -0.39 is 17.8 Å². The Labute approximate surface area is 226 Å². The molecule has 1 saturated carbocycles. The largest absolute Gasteiger partial charge is 0.493 e. The molecule has 2 fully saturated rings. The summed E-state index contributed by atoms with van der Waals surface area (Å²) in [5, 5.41) is 3.21. The number of allylic oxidation sites excluding steroid dienone is 1. The number of nitrogens with one attached hydrogen (secondary N) is 1. The monoisotopic (exact) mass is 542 g/mol. The van der Waals surface area contributed by atoms with Crippen LogP contribution in [0.25, 0.3) is 6.08 Å². The van der Waals surface area contributed by atoms with Gasteiger partial charge < -0.3 is 9.47 Å². The van der Waals surface area contributed by atoms with Crippen molar-refractivity contribution in [2.24, 2.45) is 0 Å². The zero-order valence-corrected chi connectivity index (χ0v) is 22.0. The average molecular weight is 543 g/mol. The van der Waals surface area contributed by atoms with Crippen LogP contribution in [0.5, 0.6) is 11.5 Å². The van der Waals surface area contributed by atoms with Crippen molar-refractivity contribution in [1.82, 2.24) is 10.2 Å². The Morgan fingerprint density at radius 1 is 1.08 bits per heavy atom. The lowest BCUT2D eigenvalue weighted by Gasteiger charge is -2.35. The molecule has 0 atom stereocenters. The lowest BCUT2D eigenvalue weighted by Crippen LogP contribution is -2.58. The Morgan fingerprint density at radius 2 is 1.84 bits per heavy atom. The lowest BCUT2D eigenvalue weighted by molar-refractivity contribution is -0.132. The number of barbiturate groups is 1. The number of rotatable bonds is 8. The molecule has 1 heterocycles. The fourth-order valence-corrected chi connectivity index (χ4v) is 5.00. The number of methoxy groups -OCH3 is 1. The summed E-state index contributed by atoms with van der Waals surface area (Å²) in [6.45, 7) is 4.04. The smallest absolute Gasteiger partial charge is 0.331 e. The maximum atomic E-state index is 13.3. The van der Waals surface area contributed by atoms with E-state index in [4.69, 9.17) is 32.7 Å². The van der Waals surface area contributed by atoms with Crippen LogP contribution in [0.3, 0.4) is 0 Å². The van der Waals surface area contributed by atoms with Gasteiger partial charge in [0, 0.05) is 11.6 Å². The summed E-state index contributed by atoms with van der Waals surface area (Å²) in [4.78, 5) is 39.6. The Balaban J connectivity index is 1.65. The Kier molecular flexibility index (Phi) is 8.56. The first-order valence-corrected chi connectivity index (χ1v) is 12.9. The molecular formula is C28H28Cl2N2O5. The molecule has 4 amide bonds. The summed E-state index contributed by atoms with van der Waals surface area (Å²) in [6.07, 6.45) is 8.11. The number of hydrogen-bond acceptors (Lipinski definition) is 5. The van der Waals surface area contributed by atoms with E-state index in [1.165, 1.54) is 18.1 Å². The molecule has 0 aromatic heterocycles. The van der Waals surface area contributed by atoms with Crippen molar-refractivity contribution < 1.29 is 23.9 Å². The second-order valence-corrected chi connectivity index (χ2v) is 9.84. The third kappa shape index (κ3) is 6.00. The molecule has 7 nitrogen and oxygen atoms in total. The van der Waals surface area contributed by atoms with Crippen LogP contribution in [0.2, 0.25) is 10.0 Å². The minimum absolute atomic E-state index is 0.0961. The second kappa shape index (κ2) is 11.8. The highest BCUT2D eigenvalue weighted by Crippen LogP contribution is 2.36. The van der Waals surface area contributed by atoms with E-state index >= 15 is 0 Å². The fourth-order valence-electron chi connectivity index (χ4n) is 4.68. The van der Waals surface area contributed by atoms with Crippen LogP contribution in [-0.4, -0.2) is 35.9 Å². The molecule has 1 aliphatic carbocycles. The van der Waals surface area contributed by atoms with Gasteiger partial charge >= 0.3 is 6.03 Å². The molecule has 1 saturated heterocycles. The van der Waals surface area contributed by atoms with E-state index in [0.717, 1.165) is 43.2 Å². The predicted octanol–water partition coefficient (Wildman–Crippen LogP) is 6.10. The standard InChI is InChI=1S/C28H28Cl2N2O5/c1-3-7-19-12-18(15-24(36-2)25(19)37-16-17-10-11-22(29)23(30)14-17)13-21-26(33)31-28(35)32(27(21)34)20-8-5-4-6-9-20/h3,10-15,20H,1,4-9,16H2,2H3,(H,31,33,35). The highest BCUT2D eigenvalue weighted by molar-refractivity contribution is 6.42. The first-order valence-electron chi connectivity index (χ1n) is 12.1. The Bertz CT molecular complexity index is 1270. The zero-order chi connectivity index (χ0) is 26.5. The number of ether oxygens (including phenoxy) is 2. The van der Waals surface area contributed by atoms with Crippen molar-refractivity contribution >= 4 is 47.1 Å². The molecule has 0 unspecified atom stereocenters. The van der Waals surface area contributed by atoms with Crippen molar-refractivity contribution in [3.05, 3.63) is 75.3 Å². The fraction of sp³-hybridized carbons (Fsp3) is 0.321. The molecule has 1 N–H and O–H groups in total. The van der Waals surface area contributed by atoms with Crippen molar-refractivity contribution in [2.45, 2.75) is 51.2 Å². The minimum atomic E-state index is -0.716. The van der Waals surface area contributed by atoms with Crippen LogP contribution in [0.4, 0.5) is 4.79 Å². The van der Waals surface area contributed by atoms with Gasteiger partial charge in [0.25, 0.3) is 11.8 Å². The second-order valence-electron chi connectivity index (χ2n) is 9.03. The highest BCUT2D eigenvalue weighted by Gasteiger charge is 2.40. The van der Waals surface area contributed by atoms with Crippen LogP contribution in [0.1, 0.15) is 48.8 Å². The Morgan fingerprint density at radius 3 is 2.51 bits per heavy atom. The van der Waals surface area contributed by atoms with Crippen molar-refractivity contribution in [1.29, 1.82) is 0 Å². The number of imide groups is 2. The van der Waals surface area contributed by atoms with E-state index in [-0.39, 0.29) is 18.2 Å². The van der Waals surface area contributed by atoms with Gasteiger partial charge in [-0.05, 0) is 60.7 Å². The summed E-state index contributed by atoms with van der Waals surface area (Å²) in [7, 11) is 1.51. The van der Waals surface area contributed by atoms with Gasteiger partial charge in [0.05, 0.1) is 17.2 Å². The van der Waals surface area contributed by atoms with Gasteiger partial charge in [-0.1, -0.05) is 54.6 Å². The quantitative estimate of drug-likeness (QED) is 0.247. The summed E-state index contributed by atoms with van der Waals surface area (Å²) in [5.74, 6) is -0.361. The number of carbonyl (C=O) groups excluding carboxylic acids is 3. The first-order chi connectivity index (χ1) is 17.8. The number of urea groups is 1. The number of halogens is 2. The zero-order valence-electron chi connectivity index (χ0n) is 20.5. The summed E-state index contributed by atoms with van der Waals surface area (Å²) in [5.41, 5.74) is 2.04. The van der Waals surface area contributed by atoms with E-state index in [2.05, 4.69) is 11.9 Å². The van der Waals surface area contributed by atoms with Crippen LogP contribution < -0.4 is 14.8 Å². The highest BCUT2D eigenvalue weighted by atomic mass is 35.5. The molecule has 194 valence electrons. The summed E-state index contributed by atoms with van der Waals surface area (Å²) >= 11 is 12.1. The molecule has 2 aromatic rings. The number of benzene rings is 2. The maximum absolute atomic E-state index is 13.3. The molecule has 2 aromatic carbocycles. The number of carbonyl (C=O) groups is 3. The molecule has 0 spiro atoms. The molecule has 0 bridgehead atoms. The van der Waals surface area contributed by atoms with Gasteiger partial charge in [0.15, 0.2) is 11.5 Å². The first kappa shape index (κ1) is 26.8. The third-order valence-electron chi connectivity index (χ3n) is 6.49.